The molecule has 160 valence electrons. The van der Waals surface area contributed by atoms with E-state index in [0.717, 1.165) is 6.07 Å². The molecule has 2 N–H and O–H groups in total. The number of anilines is 2. The minimum atomic E-state index is -1.67. The van der Waals surface area contributed by atoms with Crippen molar-refractivity contribution in [3.8, 4) is 0 Å². The van der Waals surface area contributed by atoms with E-state index in [1.54, 1.807) is 33.9 Å². The molecule has 0 aliphatic carbocycles. The van der Waals surface area contributed by atoms with E-state index in [1.165, 1.54) is 7.05 Å². The Morgan fingerprint density at radius 3 is 2.63 bits per heavy atom. The zero-order chi connectivity index (χ0) is 21.8. The smallest absolute Gasteiger partial charge is 0.246 e. The summed E-state index contributed by atoms with van der Waals surface area (Å²) in [5.41, 5.74) is 0.217. The quantitative estimate of drug-likeness (QED) is 0.429. The number of aliphatic imine (C=N–C) groups is 1. The van der Waals surface area contributed by atoms with E-state index in [-0.39, 0.29) is 19.0 Å². The lowest BCUT2D eigenvalue weighted by molar-refractivity contribution is -0.120. The molecule has 0 spiro atoms. The van der Waals surface area contributed by atoms with Gasteiger partial charge in [-0.3, -0.25) is 19.3 Å². The summed E-state index contributed by atoms with van der Waals surface area (Å²) in [4.78, 5) is 31.9. The summed E-state index contributed by atoms with van der Waals surface area (Å²) >= 11 is 0. The SMILES string of the molecule is CN=C(NCC(=O)Nc1ccc(F)c(F)c1F)N1CCN(c2cnn(C)c2)C(=O)C1. The van der Waals surface area contributed by atoms with Crippen LogP contribution in [0.15, 0.2) is 29.5 Å². The number of hydrogen-bond donors (Lipinski definition) is 2. The lowest BCUT2D eigenvalue weighted by Gasteiger charge is -2.35. The summed E-state index contributed by atoms with van der Waals surface area (Å²) in [6, 6.07) is 1.64. The van der Waals surface area contributed by atoms with Gasteiger partial charge in [-0.1, -0.05) is 0 Å². The van der Waals surface area contributed by atoms with Gasteiger partial charge in [-0.2, -0.15) is 5.10 Å². The Labute approximate surface area is 170 Å². The lowest BCUT2D eigenvalue weighted by atomic mass is 10.2. The minimum absolute atomic E-state index is 0.0357. The Hall–Kier alpha value is -3.57. The van der Waals surface area contributed by atoms with Crippen molar-refractivity contribution < 1.29 is 22.8 Å². The Bertz CT molecular complexity index is 992. The van der Waals surface area contributed by atoms with Crippen LogP contribution >= 0.6 is 0 Å². The highest BCUT2D eigenvalue weighted by Gasteiger charge is 2.28. The first-order valence-corrected chi connectivity index (χ1v) is 8.98. The Morgan fingerprint density at radius 1 is 1.23 bits per heavy atom. The van der Waals surface area contributed by atoms with Gasteiger partial charge >= 0.3 is 0 Å². The number of nitrogens with zero attached hydrogens (tertiary/aromatic N) is 5. The third kappa shape index (κ3) is 4.53. The molecule has 0 bridgehead atoms. The van der Waals surface area contributed by atoms with Gasteiger partial charge in [0.05, 0.1) is 24.1 Å². The molecule has 2 aromatic rings. The summed E-state index contributed by atoms with van der Waals surface area (Å²) in [6.45, 7) is 0.577. The maximum absolute atomic E-state index is 13.7. The van der Waals surface area contributed by atoms with Crippen molar-refractivity contribution in [3.63, 3.8) is 0 Å². The molecule has 0 unspecified atom stereocenters. The molecule has 2 amide bonds. The van der Waals surface area contributed by atoms with E-state index >= 15 is 0 Å². The van der Waals surface area contributed by atoms with Gasteiger partial charge in [0.1, 0.15) is 6.54 Å². The predicted molar refractivity (Wildman–Crippen MR) is 103 cm³/mol. The van der Waals surface area contributed by atoms with Crippen LogP contribution in [0.4, 0.5) is 24.5 Å². The Morgan fingerprint density at radius 2 is 2.00 bits per heavy atom. The van der Waals surface area contributed by atoms with Gasteiger partial charge in [0.2, 0.25) is 11.8 Å². The molecule has 12 heteroatoms. The first-order valence-electron chi connectivity index (χ1n) is 8.98. The van der Waals surface area contributed by atoms with E-state index in [1.807, 2.05) is 0 Å². The second-order valence-electron chi connectivity index (χ2n) is 6.51. The number of amides is 2. The highest BCUT2D eigenvalue weighted by atomic mass is 19.2. The molecule has 1 aliphatic rings. The van der Waals surface area contributed by atoms with Gasteiger partial charge < -0.3 is 20.4 Å². The maximum Gasteiger partial charge on any atom is 0.246 e. The lowest BCUT2D eigenvalue weighted by Crippen LogP contribution is -2.56. The van der Waals surface area contributed by atoms with Crippen molar-refractivity contribution in [2.24, 2.45) is 12.0 Å². The normalized spacial score (nSPS) is 14.8. The molecule has 0 atom stereocenters. The number of aryl methyl sites for hydroxylation is 1. The van der Waals surface area contributed by atoms with Crippen LogP contribution in [0.25, 0.3) is 0 Å². The third-order valence-corrected chi connectivity index (χ3v) is 4.45. The van der Waals surface area contributed by atoms with Crippen molar-refractivity contribution in [2.75, 3.05) is 43.4 Å². The molecule has 1 fully saturated rings. The van der Waals surface area contributed by atoms with Gasteiger partial charge in [-0.05, 0) is 12.1 Å². The number of guanidine groups is 1. The van der Waals surface area contributed by atoms with Crippen LogP contribution in [0, 0.1) is 17.5 Å². The standard InChI is InChI=1S/C18H20F3N7O2/c1-22-18(23-8-14(29)25-13-4-3-12(19)16(20)17(13)21)27-5-6-28(15(30)10-27)11-7-24-26(2)9-11/h3-4,7,9H,5-6,8,10H2,1-2H3,(H,22,23)(H,25,29). The molecule has 0 saturated carbocycles. The van der Waals surface area contributed by atoms with Gasteiger partial charge in [0.25, 0.3) is 0 Å². The van der Waals surface area contributed by atoms with Crippen LogP contribution in [-0.2, 0) is 16.6 Å². The van der Waals surface area contributed by atoms with Crippen molar-refractivity contribution >= 4 is 29.1 Å². The first-order chi connectivity index (χ1) is 14.3. The summed E-state index contributed by atoms with van der Waals surface area (Å²) in [7, 11) is 3.25. The van der Waals surface area contributed by atoms with Crippen molar-refractivity contribution in [1.29, 1.82) is 0 Å². The number of carbonyl (C=O) groups is 2. The number of piperazine rings is 1. The van der Waals surface area contributed by atoms with Crippen molar-refractivity contribution in [3.05, 3.63) is 42.0 Å². The summed E-state index contributed by atoms with van der Waals surface area (Å²) < 4.78 is 41.5. The average Bonchev–Trinajstić information content (AvgIpc) is 3.15. The highest BCUT2D eigenvalue weighted by Crippen LogP contribution is 2.19. The van der Waals surface area contributed by atoms with Crippen LogP contribution < -0.4 is 15.5 Å². The minimum Gasteiger partial charge on any atom is -0.347 e. The topological polar surface area (TPSA) is 94.9 Å². The molecular formula is C18H20F3N7O2. The molecule has 1 aromatic heterocycles. The van der Waals surface area contributed by atoms with Crippen LogP contribution in [-0.4, -0.2) is 65.7 Å². The Kier molecular flexibility index (Phi) is 6.23. The van der Waals surface area contributed by atoms with Crippen molar-refractivity contribution in [2.45, 2.75) is 0 Å². The van der Waals surface area contributed by atoms with Crippen LogP contribution in [0.3, 0.4) is 0 Å². The van der Waals surface area contributed by atoms with E-state index < -0.39 is 29.0 Å². The number of rotatable bonds is 4. The number of aromatic nitrogens is 2. The van der Waals surface area contributed by atoms with Gasteiger partial charge in [0, 0.05) is 33.4 Å². The fourth-order valence-corrected chi connectivity index (χ4v) is 2.98. The second-order valence-corrected chi connectivity index (χ2v) is 6.51. The second kappa shape index (κ2) is 8.84. The number of hydrogen-bond acceptors (Lipinski definition) is 4. The maximum atomic E-state index is 13.7. The average molecular weight is 423 g/mol. The van der Waals surface area contributed by atoms with E-state index in [9.17, 15) is 22.8 Å². The molecule has 9 nitrogen and oxygen atoms in total. The number of nitrogens with one attached hydrogen (secondary N) is 2. The number of halogens is 3. The number of benzene rings is 1. The predicted octanol–water partition coefficient (Wildman–Crippen LogP) is 0.700. The molecule has 1 aliphatic heterocycles. The summed E-state index contributed by atoms with van der Waals surface area (Å²) in [5, 5.41) is 8.98. The summed E-state index contributed by atoms with van der Waals surface area (Å²) in [5.74, 6) is -5.05. The molecule has 2 heterocycles. The zero-order valence-electron chi connectivity index (χ0n) is 16.3. The van der Waals surface area contributed by atoms with E-state index in [4.69, 9.17) is 0 Å². The monoisotopic (exact) mass is 423 g/mol. The van der Waals surface area contributed by atoms with Crippen LogP contribution in [0.1, 0.15) is 0 Å². The largest absolute Gasteiger partial charge is 0.347 e. The zero-order valence-corrected chi connectivity index (χ0v) is 16.3. The molecule has 0 radical (unpaired) electrons. The Balaban J connectivity index is 1.55. The fourth-order valence-electron chi connectivity index (χ4n) is 2.98. The molecular weight excluding hydrogens is 403 g/mol. The van der Waals surface area contributed by atoms with E-state index in [0.29, 0.717) is 30.8 Å². The third-order valence-electron chi connectivity index (χ3n) is 4.45. The molecule has 1 saturated heterocycles. The molecule has 30 heavy (non-hydrogen) atoms. The fraction of sp³-hybridized carbons (Fsp3) is 0.333. The molecule has 3 rings (SSSR count). The van der Waals surface area contributed by atoms with Gasteiger partial charge in [-0.15, -0.1) is 0 Å². The highest BCUT2D eigenvalue weighted by molar-refractivity contribution is 5.99. The van der Waals surface area contributed by atoms with E-state index in [2.05, 4.69) is 20.7 Å². The van der Waals surface area contributed by atoms with Gasteiger partial charge in [-0.25, -0.2) is 13.2 Å². The van der Waals surface area contributed by atoms with Crippen LogP contribution in [0.2, 0.25) is 0 Å². The first kappa shape index (κ1) is 21.1. The molecule has 1 aromatic carbocycles. The number of carbonyl (C=O) groups excluding carboxylic acids is 2. The van der Waals surface area contributed by atoms with Crippen LogP contribution in [0.5, 0.6) is 0 Å². The van der Waals surface area contributed by atoms with Crippen molar-refractivity contribution in [1.82, 2.24) is 20.0 Å². The van der Waals surface area contributed by atoms with Gasteiger partial charge in [0.15, 0.2) is 23.4 Å². The summed E-state index contributed by atoms with van der Waals surface area (Å²) in [6.07, 6.45) is 3.34.